The molecule has 2 N–H and O–H groups in total. The molecule has 0 aliphatic carbocycles. The number of rotatable bonds is 5. The lowest BCUT2D eigenvalue weighted by Gasteiger charge is -2.22. The lowest BCUT2D eigenvalue weighted by molar-refractivity contribution is -0.404. The maximum absolute atomic E-state index is 12.5. The number of nitrogens with zero attached hydrogens (tertiary/aromatic N) is 3. The van der Waals surface area contributed by atoms with Crippen molar-refractivity contribution in [2.45, 2.75) is 6.18 Å². The van der Waals surface area contributed by atoms with Crippen LogP contribution < -0.4 is 15.8 Å². The van der Waals surface area contributed by atoms with E-state index in [4.69, 9.17) is 11.6 Å². The number of halogens is 4. The van der Waals surface area contributed by atoms with Crippen LogP contribution in [0.4, 0.5) is 19.0 Å². The minimum Gasteiger partial charge on any atom is -0.368 e. The van der Waals surface area contributed by atoms with Crippen LogP contribution in [0.5, 0.6) is 0 Å². The van der Waals surface area contributed by atoms with Crippen molar-refractivity contribution in [2.24, 2.45) is 0 Å². The Morgan fingerprint density at radius 2 is 2.19 bits per heavy atom. The molecule has 0 bridgehead atoms. The number of hydrogen-bond acceptors (Lipinski definition) is 6. The highest BCUT2D eigenvalue weighted by atomic mass is 35.5. The fourth-order valence-corrected chi connectivity index (χ4v) is 1.61. The summed E-state index contributed by atoms with van der Waals surface area (Å²) in [5.41, 5.74) is 1.54. The fourth-order valence-electron chi connectivity index (χ4n) is 1.32. The summed E-state index contributed by atoms with van der Waals surface area (Å²) in [4.78, 5) is 13.3. The van der Waals surface area contributed by atoms with E-state index in [9.17, 15) is 23.3 Å². The summed E-state index contributed by atoms with van der Waals surface area (Å²) in [5, 5.41) is 13.8. The van der Waals surface area contributed by atoms with Crippen molar-refractivity contribution in [1.29, 1.82) is 0 Å². The van der Waals surface area contributed by atoms with Crippen LogP contribution in [-0.2, 0) is 6.18 Å². The maximum Gasteiger partial charge on any atom is 0.417 e. The number of nitrogens with one attached hydrogen (secondary N) is 2. The van der Waals surface area contributed by atoms with Crippen molar-refractivity contribution in [3.8, 4) is 0 Å². The number of pyridine rings is 1. The van der Waals surface area contributed by atoms with E-state index in [2.05, 4.69) is 15.7 Å². The Kier molecular flexibility index (Phi) is 5.19. The van der Waals surface area contributed by atoms with E-state index in [0.717, 1.165) is 11.1 Å². The zero-order chi connectivity index (χ0) is 16.2. The highest BCUT2D eigenvalue weighted by molar-refractivity contribution is 6.33. The average molecular weight is 326 g/mol. The molecule has 0 radical (unpaired) electrons. The Morgan fingerprint density at radius 1 is 1.57 bits per heavy atom. The van der Waals surface area contributed by atoms with E-state index < -0.39 is 16.7 Å². The highest BCUT2D eigenvalue weighted by Gasteiger charge is 2.31. The zero-order valence-corrected chi connectivity index (χ0v) is 11.7. The topological polar surface area (TPSA) is 83.3 Å². The molecule has 0 amide bonds. The molecule has 1 aromatic rings. The van der Waals surface area contributed by atoms with Gasteiger partial charge in [-0.25, -0.2) is 4.98 Å². The lowest BCUT2D eigenvalue weighted by atomic mass is 10.3. The van der Waals surface area contributed by atoms with Crippen molar-refractivity contribution in [3.05, 3.63) is 45.0 Å². The minimum atomic E-state index is -4.55. The summed E-state index contributed by atoms with van der Waals surface area (Å²) in [6, 6.07) is 0.721. The monoisotopic (exact) mass is 325 g/mol. The third-order valence-corrected chi connectivity index (χ3v) is 2.54. The molecule has 0 aliphatic heterocycles. The van der Waals surface area contributed by atoms with Gasteiger partial charge in [0.1, 0.15) is 0 Å². The normalized spacial score (nSPS) is 12.0. The zero-order valence-electron chi connectivity index (χ0n) is 10.9. The molecule has 0 saturated heterocycles. The molecular weight excluding hydrogens is 315 g/mol. The smallest absolute Gasteiger partial charge is 0.368 e. The summed E-state index contributed by atoms with van der Waals surface area (Å²) in [5.74, 6) is -0.0190. The number of alkyl halides is 3. The largest absolute Gasteiger partial charge is 0.417 e. The first-order valence-electron chi connectivity index (χ1n) is 5.41. The first-order chi connectivity index (χ1) is 9.65. The SMILES string of the molecule is CNC(=C[N+](=O)[O-])NN(C)c1ncc(C(F)(F)F)cc1Cl. The minimum absolute atomic E-state index is 0.000245. The summed E-state index contributed by atoms with van der Waals surface area (Å²) < 4.78 is 37.5. The highest BCUT2D eigenvalue weighted by Crippen LogP contribution is 2.32. The number of anilines is 1. The number of aromatic nitrogens is 1. The summed E-state index contributed by atoms with van der Waals surface area (Å²) >= 11 is 5.74. The Balaban J connectivity index is 2.98. The predicted octanol–water partition coefficient (Wildman–Crippen LogP) is 1.99. The number of nitro groups is 1. The molecule has 0 aromatic carbocycles. The molecule has 11 heteroatoms. The van der Waals surface area contributed by atoms with Gasteiger partial charge in [-0.3, -0.25) is 20.5 Å². The summed E-state index contributed by atoms with van der Waals surface area (Å²) in [6.07, 6.45) is -3.28. The second kappa shape index (κ2) is 6.48. The van der Waals surface area contributed by atoms with E-state index in [0.29, 0.717) is 12.4 Å². The maximum atomic E-state index is 12.5. The lowest BCUT2D eigenvalue weighted by Crippen LogP contribution is -2.39. The second-order valence-corrected chi connectivity index (χ2v) is 4.18. The number of hydrogen-bond donors (Lipinski definition) is 2. The van der Waals surface area contributed by atoms with Gasteiger partial charge in [0.2, 0.25) is 0 Å². The van der Waals surface area contributed by atoms with Gasteiger partial charge in [0, 0.05) is 20.3 Å². The first kappa shape index (κ1) is 16.8. The van der Waals surface area contributed by atoms with Gasteiger partial charge in [0.15, 0.2) is 11.6 Å². The molecule has 116 valence electrons. The van der Waals surface area contributed by atoms with Crippen LogP contribution in [0.2, 0.25) is 5.02 Å². The van der Waals surface area contributed by atoms with E-state index in [1.54, 1.807) is 0 Å². The van der Waals surface area contributed by atoms with Gasteiger partial charge in [0.25, 0.3) is 6.20 Å². The van der Waals surface area contributed by atoms with Gasteiger partial charge >= 0.3 is 6.18 Å². The second-order valence-electron chi connectivity index (χ2n) is 3.78. The van der Waals surface area contributed by atoms with Crippen LogP contribution in [0, 0.1) is 10.1 Å². The third kappa shape index (κ3) is 4.67. The van der Waals surface area contributed by atoms with Crippen LogP contribution in [0.15, 0.2) is 24.3 Å². The van der Waals surface area contributed by atoms with Crippen molar-refractivity contribution in [2.75, 3.05) is 19.1 Å². The van der Waals surface area contributed by atoms with Gasteiger partial charge in [-0.15, -0.1) is 0 Å². The fraction of sp³-hybridized carbons (Fsp3) is 0.300. The molecule has 0 spiro atoms. The molecule has 1 aromatic heterocycles. The van der Waals surface area contributed by atoms with Crippen molar-refractivity contribution >= 4 is 17.4 Å². The van der Waals surface area contributed by atoms with Crippen molar-refractivity contribution < 1.29 is 18.1 Å². The van der Waals surface area contributed by atoms with Crippen LogP contribution in [-0.4, -0.2) is 24.0 Å². The van der Waals surface area contributed by atoms with Crippen molar-refractivity contribution in [3.63, 3.8) is 0 Å². The molecule has 0 saturated carbocycles. The molecular formula is C10H11ClF3N5O2. The molecule has 7 nitrogen and oxygen atoms in total. The van der Waals surface area contributed by atoms with Gasteiger partial charge in [0.05, 0.1) is 15.5 Å². The quantitative estimate of drug-likeness (QED) is 0.636. The molecule has 0 fully saturated rings. The van der Waals surface area contributed by atoms with E-state index in [1.807, 2.05) is 0 Å². The molecule has 0 aliphatic rings. The van der Waals surface area contributed by atoms with Crippen LogP contribution in [0.25, 0.3) is 0 Å². The van der Waals surface area contributed by atoms with E-state index in [1.165, 1.54) is 14.1 Å². The molecule has 0 unspecified atom stereocenters. The van der Waals surface area contributed by atoms with Gasteiger partial charge in [-0.05, 0) is 6.07 Å². The molecule has 21 heavy (non-hydrogen) atoms. The van der Waals surface area contributed by atoms with Gasteiger partial charge < -0.3 is 5.32 Å². The Labute approximate surface area is 122 Å². The summed E-state index contributed by atoms with van der Waals surface area (Å²) in [6.45, 7) is 0. The van der Waals surface area contributed by atoms with E-state index in [-0.39, 0.29) is 16.7 Å². The Hall–Kier alpha value is -2.23. The van der Waals surface area contributed by atoms with Gasteiger partial charge in [-0.2, -0.15) is 13.2 Å². The predicted molar refractivity (Wildman–Crippen MR) is 69.9 cm³/mol. The first-order valence-corrected chi connectivity index (χ1v) is 5.79. The third-order valence-electron chi connectivity index (χ3n) is 2.26. The van der Waals surface area contributed by atoms with E-state index >= 15 is 0 Å². The average Bonchev–Trinajstić information content (AvgIpc) is 2.35. The summed E-state index contributed by atoms with van der Waals surface area (Å²) in [7, 11) is 2.82. The Morgan fingerprint density at radius 3 is 2.62 bits per heavy atom. The molecule has 1 rings (SSSR count). The van der Waals surface area contributed by atoms with Gasteiger partial charge in [-0.1, -0.05) is 11.6 Å². The number of hydrazine groups is 1. The molecule has 1 heterocycles. The van der Waals surface area contributed by atoms with Crippen molar-refractivity contribution in [1.82, 2.24) is 15.7 Å². The van der Waals surface area contributed by atoms with Crippen LogP contribution >= 0.6 is 11.6 Å². The molecule has 0 atom stereocenters. The standard InChI is InChI=1S/C10H11ClF3N5O2/c1-15-8(5-19(20)21)17-18(2)9-7(11)3-6(4-16-9)10(12,13)14/h3-5,15,17H,1-2H3. The Bertz CT molecular complexity index is 564. The van der Waals surface area contributed by atoms with Crippen LogP contribution in [0.3, 0.4) is 0 Å². The van der Waals surface area contributed by atoms with Crippen LogP contribution in [0.1, 0.15) is 5.56 Å².